The summed E-state index contributed by atoms with van der Waals surface area (Å²) in [5.41, 5.74) is 0. The summed E-state index contributed by atoms with van der Waals surface area (Å²) in [6, 6.07) is 0. The lowest BCUT2D eigenvalue weighted by Crippen LogP contribution is -2.40. The number of likely N-dealkylation sites (tertiary alicyclic amines) is 1. The molecule has 2 aliphatic rings. The average molecular weight is 302 g/mol. The molecule has 5 heteroatoms. The van der Waals surface area contributed by atoms with Gasteiger partial charge in [-0.3, -0.25) is 0 Å². The van der Waals surface area contributed by atoms with E-state index in [1.807, 2.05) is 17.5 Å². The number of nitrogens with zero attached hydrogens (tertiary/aromatic N) is 2. The summed E-state index contributed by atoms with van der Waals surface area (Å²) in [6.07, 6.45) is 7.34. The van der Waals surface area contributed by atoms with E-state index >= 15 is 0 Å². The maximum atomic E-state index is 4.50. The summed E-state index contributed by atoms with van der Waals surface area (Å²) in [7, 11) is 0. The number of thiazole rings is 1. The van der Waals surface area contributed by atoms with E-state index in [0.29, 0.717) is 5.92 Å². The topological polar surface area (TPSA) is 28.2 Å². The molecular weight excluding hydrogens is 278 g/mol. The molecule has 0 bridgehead atoms. The Labute approximate surface area is 126 Å². The number of aromatic nitrogens is 1. The molecule has 2 aliphatic heterocycles. The van der Waals surface area contributed by atoms with Crippen LogP contribution in [0, 0.1) is 5.92 Å². The van der Waals surface area contributed by atoms with Crippen LogP contribution in [0.2, 0.25) is 0 Å². The monoisotopic (exact) mass is 301 g/mol. The summed E-state index contributed by atoms with van der Waals surface area (Å²) in [5.74, 6) is 1.61. The Morgan fingerprint density at radius 2 is 2.16 bits per heavy atom. The Hall–Kier alpha value is -0.160. The first-order chi connectivity index (χ1) is 8.92. The van der Waals surface area contributed by atoms with E-state index in [4.69, 9.17) is 0 Å². The number of nitrogens with one attached hydrogen (secondary N) is 1. The highest BCUT2D eigenvalue weighted by atomic mass is 35.5. The predicted octanol–water partition coefficient (Wildman–Crippen LogP) is 2.74. The van der Waals surface area contributed by atoms with E-state index in [-0.39, 0.29) is 12.4 Å². The quantitative estimate of drug-likeness (QED) is 0.930. The molecule has 1 N–H and O–H groups in total. The van der Waals surface area contributed by atoms with Gasteiger partial charge in [0.1, 0.15) is 0 Å². The third-order valence-corrected chi connectivity index (χ3v) is 5.22. The van der Waals surface area contributed by atoms with Crippen LogP contribution in [0.3, 0.4) is 0 Å². The Balaban J connectivity index is 0.00000133. The highest BCUT2D eigenvalue weighted by Gasteiger charge is 2.25. The van der Waals surface area contributed by atoms with Crippen molar-refractivity contribution in [3.63, 3.8) is 0 Å². The van der Waals surface area contributed by atoms with Crippen molar-refractivity contribution < 1.29 is 0 Å². The van der Waals surface area contributed by atoms with Crippen LogP contribution in [0.1, 0.15) is 36.6 Å². The van der Waals surface area contributed by atoms with Crippen molar-refractivity contribution in [3.05, 3.63) is 16.6 Å². The van der Waals surface area contributed by atoms with Gasteiger partial charge in [-0.2, -0.15) is 0 Å². The zero-order valence-electron chi connectivity index (χ0n) is 11.4. The van der Waals surface area contributed by atoms with Crippen LogP contribution in [-0.4, -0.2) is 42.6 Å². The number of halogens is 1. The molecule has 3 heterocycles. The molecule has 2 fully saturated rings. The smallest absolute Gasteiger partial charge is 0.0968 e. The molecule has 3 nitrogen and oxygen atoms in total. The summed E-state index contributed by atoms with van der Waals surface area (Å²) in [4.78, 5) is 7.19. The van der Waals surface area contributed by atoms with Crippen LogP contribution in [0.4, 0.5) is 0 Å². The number of piperidine rings is 2. The van der Waals surface area contributed by atoms with Crippen LogP contribution in [0.25, 0.3) is 0 Å². The van der Waals surface area contributed by atoms with Crippen LogP contribution >= 0.6 is 23.7 Å². The van der Waals surface area contributed by atoms with E-state index < -0.39 is 0 Å². The SMILES string of the molecule is Cl.c1csc(C2CCCN(CC3CCNCC3)C2)n1. The van der Waals surface area contributed by atoms with Crippen molar-refractivity contribution in [2.24, 2.45) is 5.92 Å². The van der Waals surface area contributed by atoms with Crippen molar-refractivity contribution in [3.8, 4) is 0 Å². The Bertz CT molecular complexity index is 352. The average Bonchev–Trinajstić information content (AvgIpc) is 2.94. The second kappa shape index (κ2) is 7.58. The first-order valence-electron chi connectivity index (χ1n) is 7.24. The molecular formula is C14H24ClN3S. The highest BCUT2D eigenvalue weighted by Crippen LogP contribution is 2.29. The third kappa shape index (κ3) is 4.15. The zero-order valence-corrected chi connectivity index (χ0v) is 13.0. The molecule has 1 aromatic heterocycles. The predicted molar refractivity (Wildman–Crippen MR) is 83.4 cm³/mol. The zero-order chi connectivity index (χ0) is 12.2. The molecule has 1 unspecified atom stereocenters. The van der Waals surface area contributed by atoms with Gasteiger partial charge in [0, 0.05) is 30.6 Å². The fourth-order valence-electron chi connectivity index (χ4n) is 3.29. The van der Waals surface area contributed by atoms with Crippen LogP contribution in [0.15, 0.2) is 11.6 Å². The summed E-state index contributed by atoms with van der Waals surface area (Å²) in [6.45, 7) is 6.27. The van der Waals surface area contributed by atoms with E-state index in [9.17, 15) is 0 Å². The van der Waals surface area contributed by atoms with Crippen molar-refractivity contribution in [2.45, 2.75) is 31.6 Å². The van der Waals surface area contributed by atoms with Crippen LogP contribution in [-0.2, 0) is 0 Å². The Morgan fingerprint density at radius 3 is 2.89 bits per heavy atom. The van der Waals surface area contributed by atoms with Crippen LogP contribution < -0.4 is 5.32 Å². The highest BCUT2D eigenvalue weighted by molar-refractivity contribution is 7.09. The van der Waals surface area contributed by atoms with Gasteiger partial charge in [0.15, 0.2) is 0 Å². The third-order valence-electron chi connectivity index (χ3n) is 4.28. The minimum atomic E-state index is 0. The second-order valence-corrected chi connectivity index (χ2v) is 6.59. The minimum absolute atomic E-state index is 0. The van der Waals surface area contributed by atoms with Crippen molar-refractivity contribution in [2.75, 3.05) is 32.7 Å². The molecule has 2 saturated heterocycles. The lowest BCUT2D eigenvalue weighted by molar-refractivity contribution is 0.163. The van der Waals surface area contributed by atoms with E-state index in [0.717, 1.165) is 5.92 Å². The van der Waals surface area contributed by atoms with Gasteiger partial charge < -0.3 is 10.2 Å². The first kappa shape index (κ1) is 15.2. The molecule has 1 aromatic rings. The summed E-state index contributed by atoms with van der Waals surface area (Å²) >= 11 is 1.83. The summed E-state index contributed by atoms with van der Waals surface area (Å²) in [5, 5.41) is 6.92. The largest absolute Gasteiger partial charge is 0.317 e. The lowest BCUT2D eigenvalue weighted by Gasteiger charge is -2.35. The Morgan fingerprint density at radius 1 is 1.32 bits per heavy atom. The molecule has 108 valence electrons. The van der Waals surface area contributed by atoms with Gasteiger partial charge in [-0.25, -0.2) is 4.98 Å². The fourth-order valence-corrected chi connectivity index (χ4v) is 4.06. The maximum Gasteiger partial charge on any atom is 0.0968 e. The molecule has 0 saturated carbocycles. The molecule has 3 rings (SSSR count). The van der Waals surface area contributed by atoms with E-state index in [2.05, 4.69) is 20.6 Å². The van der Waals surface area contributed by atoms with Crippen molar-refractivity contribution in [1.82, 2.24) is 15.2 Å². The van der Waals surface area contributed by atoms with Gasteiger partial charge >= 0.3 is 0 Å². The molecule has 1 atom stereocenters. The molecule has 19 heavy (non-hydrogen) atoms. The number of rotatable bonds is 3. The summed E-state index contributed by atoms with van der Waals surface area (Å²) < 4.78 is 0. The Kier molecular flexibility index (Phi) is 6.07. The van der Waals surface area contributed by atoms with Crippen molar-refractivity contribution in [1.29, 1.82) is 0 Å². The fraction of sp³-hybridized carbons (Fsp3) is 0.786. The van der Waals surface area contributed by atoms with Gasteiger partial charge in [0.2, 0.25) is 0 Å². The standard InChI is InChI=1S/C14H23N3S.ClH/c1-2-13(14-16-7-9-18-14)11-17(8-1)10-12-3-5-15-6-4-12;/h7,9,12-13,15H,1-6,8,10-11H2;1H. The number of hydrogen-bond donors (Lipinski definition) is 1. The van der Waals surface area contributed by atoms with Gasteiger partial charge in [-0.05, 0) is 51.2 Å². The molecule has 0 aromatic carbocycles. The van der Waals surface area contributed by atoms with E-state index in [1.165, 1.54) is 63.4 Å². The molecule has 0 radical (unpaired) electrons. The van der Waals surface area contributed by atoms with Gasteiger partial charge in [-0.15, -0.1) is 23.7 Å². The first-order valence-corrected chi connectivity index (χ1v) is 8.12. The van der Waals surface area contributed by atoms with Gasteiger partial charge in [-0.1, -0.05) is 0 Å². The lowest BCUT2D eigenvalue weighted by atomic mass is 9.94. The van der Waals surface area contributed by atoms with Gasteiger partial charge in [0.25, 0.3) is 0 Å². The second-order valence-electron chi connectivity index (χ2n) is 5.66. The minimum Gasteiger partial charge on any atom is -0.317 e. The normalized spacial score (nSPS) is 26.0. The van der Waals surface area contributed by atoms with Gasteiger partial charge in [0.05, 0.1) is 5.01 Å². The molecule has 0 aliphatic carbocycles. The van der Waals surface area contributed by atoms with Crippen molar-refractivity contribution >= 4 is 23.7 Å². The molecule has 0 amide bonds. The maximum absolute atomic E-state index is 4.50. The molecule has 0 spiro atoms. The number of hydrogen-bond acceptors (Lipinski definition) is 4. The van der Waals surface area contributed by atoms with E-state index in [1.54, 1.807) is 0 Å². The van der Waals surface area contributed by atoms with Crippen LogP contribution in [0.5, 0.6) is 0 Å².